The van der Waals surface area contributed by atoms with Gasteiger partial charge < -0.3 is 10.2 Å². The molecule has 1 aliphatic rings. The fourth-order valence-corrected chi connectivity index (χ4v) is 3.32. The molecule has 0 aliphatic heterocycles. The Hall–Kier alpha value is -1.09. The average Bonchev–Trinajstić information content (AvgIpc) is 2.53. The molecule has 0 heterocycles. The van der Waals surface area contributed by atoms with Gasteiger partial charge in [0.2, 0.25) is 0 Å². The van der Waals surface area contributed by atoms with Crippen LogP contribution < -0.4 is 0 Å². The Kier molecular flexibility index (Phi) is 10.7. The van der Waals surface area contributed by atoms with Crippen molar-refractivity contribution in [3.05, 3.63) is 24.3 Å². The molecule has 0 aromatic carbocycles. The van der Waals surface area contributed by atoms with Crippen LogP contribution in [0.2, 0.25) is 0 Å². The Bertz CT molecular complexity index is 365. The van der Waals surface area contributed by atoms with Crippen LogP contribution in [0.3, 0.4) is 0 Å². The minimum atomic E-state index is -0.676. The van der Waals surface area contributed by atoms with Crippen molar-refractivity contribution in [3.8, 4) is 0 Å². The second-order valence-corrected chi connectivity index (χ2v) is 6.90. The third-order valence-electron chi connectivity index (χ3n) is 4.83. The Balaban J connectivity index is 2.13. The predicted octanol–water partition coefficient (Wildman–Crippen LogP) is 5.10. The van der Waals surface area contributed by atoms with Gasteiger partial charge in [0.15, 0.2) is 0 Å². The Labute approximate surface area is 141 Å². The van der Waals surface area contributed by atoms with E-state index >= 15 is 0 Å². The molecule has 132 valence electrons. The predicted molar refractivity (Wildman–Crippen MR) is 95.4 cm³/mol. The monoisotopic (exact) mass is 322 g/mol. The van der Waals surface area contributed by atoms with Crippen molar-refractivity contribution in [2.75, 3.05) is 0 Å². The Morgan fingerprint density at radius 2 is 1.87 bits per heavy atom. The standard InChI is InChI=1S/C20H34O3/c1-2-3-4-10-19(21)11-6-5-8-17-13-15-18(16-14-17)9-7-12-20(22)23/h5-6,8,11,17-19,21H,2-4,7,9-10,12-16H2,1H3,(H,22,23)/b8-5+,11-6+/t17?,18?,19-/m0/s1. The van der Waals surface area contributed by atoms with Crippen LogP contribution in [0.15, 0.2) is 24.3 Å². The minimum absolute atomic E-state index is 0.309. The van der Waals surface area contributed by atoms with Crippen LogP contribution in [-0.2, 0) is 4.79 Å². The zero-order chi connectivity index (χ0) is 16.9. The zero-order valence-electron chi connectivity index (χ0n) is 14.6. The summed E-state index contributed by atoms with van der Waals surface area (Å²) in [4.78, 5) is 10.5. The highest BCUT2D eigenvalue weighted by Crippen LogP contribution is 2.32. The molecule has 1 rings (SSSR count). The van der Waals surface area contributed by atoms with Gasteiger partial charge in [0.1, 0.15) is 0 Å². The third-order valence-corrected chi connectivity index (χ3v) is 4.83. The summed E-state index contributed by atoms with van der Waals surface area (Å²) in [5, 5.41) is 18.5. The molecular formula is C20H34O3. The van der Waals surface area contributed by atoms with Gasteiger partial charge in [-0.3, -0.25) is 4.79 Å². The maximum Gasteiger partial charge on any atom is 0.303 e. The molecule has 0 radical (unpaired) electrons. The number of unbranched alkanes of at least 4 members (excludes halogenated alkanes) is 2. The highest BCUT2D eigenvalue weighted by atomic mass is 16.4. The molecule has 0 saturated heterocycles. The summed E-state index contributed by atoms with van der Waals surface area (Å²) in [5.41, 5.74) is 0. The van der Waals surface area contributed by atoms with Crippen LogP contribution in [0, 0.1) is 11.8 Å². The van der Waals surface area contributed by atoms with Crippen molar-refractivity contribution < 1.29 is 15.0 Å². The Morgan fingerprint density at radius 3 is 2.52 bits per heavy atom. The number of aliphatic hydroxyl groups excluding tert-OH is 1. The molecule has 3 heteroatoms. The van der Waals surface area contributed by atoms with Gasteiger partial charge in [-0.25, -0.2) is 0 Å². The summed E-state index contributed by atoms with van der Waals surface area (Å²) in [7, 11) is 0. The van der Waals surface area contributed by atoms with Crippen LogP contribution in [0.25, 0.3) is 0 Å². The van der Waals surface area contributed by atoms with Crippen molar-refractivity contribution in [3.63, 3.8) is 0 Å². The van der Waals surface area contributed by atoms with Gasteiger partial charge in [-0.05, 0) is 56.8 Å². The van der Waals surface area contributed by atoms with E-state index in [1.165, 1.54) is 38.5 Å². The smallest absolute Gasteiger partial charge is 0.303 e. The quantitative estimate of drug-likeness (QED) is 0.411. The maximum atomic E-state index is 10.5. The van der Waals surface area contributed by atoms with Gasteiger partial charge in [-0.1, -0.05) is 50.5 Å². The SMILES string of the molecule is CCCCC[C@H](O)/C=C/C=C/C1CCC(CCCC(=O)O)CC1. The number of carboxylic acid groups (broad SMARTS) is 1. The summed E-state index contributed by atoms with van der Waals surface area (Å²) >= 11 is 0. The molecule has 3 nitrogen and oxygen atoms in total. The van der Waals surface area contributed by atoms with Crippen LogP contribution in [0.1, 0.15) is 77.6 Å². The van der Waals surface area contributed by atoms with E-state index in [4.69, 9.17) is 5.11 Å². The van der Waals surface area contributed by atoms with Crippen LogP contribution >= 0.6 is 0 Å². The molecule has 0 spiro atoms. The van der Waals surface area contributed by atoms with Crippen molar-refractivity contribution >= 4 is 5.97 Å². The van der Waals surface area contributed by atoms with E-state index < -0.39 is 5.97 Å². The van der Waals surface area contributed by atoms with Gasteiger partial charge in [-0.2, -0.15) is 0 Å². The van der Waals surface area contributed by atoms with Crippen molar-refractivity contribution in [2.24, 2.45) is 11.8 Å². The number of hydrogen-bond acceptors (Lipinski definition) is 2. The first-order chi connectivity index (χ1) is 11.1. The lowest BCUT2D eigenvalue weighted by atomic mass is 9.79. The molecular weight excluding hydrogens is 288 g/mol. The molecule has 2 N–H and O–H groups in total. The molecule has 0 aromatic rings. The van der Waals surface area contributed by atoms with E-state index in [1.807, 2.05) is 12.2 Å². The van der Waals surface area contributed by atoms with E-state index in [0.717, 1.165) is 31.6 Å². The van der Waals surface area contributed by atoms with Crippen LogP contribution in [0.5, 0.6) is 0 Å². The number of allylic oxidation sites excluding steroid dienone is 3. The normalized spacial score (nSPS) is 23.6. The van der Waals surface area contributed by atoms with E-state index in [2.05, 4.69) is 19.1 Å². The summed E-state index contributed by atoms with van der Waals surface area (Å²) < 4.78 is 0. The highest BCUT2D eigenvalue weighted by Gasteiger charge is 2.19. The topological polar surface area (TPSA) is 57.5 Å². The molecule has 0 bridgehead atoms. The van der Waals surface area contributed by atoms with E-state index in [9.17, 15) is 9.90 Å². The molecule has 0 unspecified atom stereocenters. The summed E-state index contributed by atoms with van der Waals surface area (Å²) in [6.07, 6.45) is 19.3. The first-order valence-electron chi connectivity index (χ1n) is 9.36. The average molecular weight is 322 g/mol. The van der Waals surface area contributed by atoms with E-state index in [-0.39, 0.29) is 6.10 Å². The van der Waals surface area contributed by atoms with Gasteiger partial charge in [0, 0.05) is 6.42 Å². The summed E-state index contributed by atoms with van der Waals surface area (Å²) in [5.74, 6) is 0.688. The summed E-state index contributed by atoms with van der Waals surface area (Å²) in [6, 6.07) is 0. The number of carboxylic acids is 1. The fourth-order valence-electron chi connectivity index (χ4n) is 3.32. The number of aliphatic hydroxyl groups is 1. The largest absolute Gasteiger partial charge is 0.481 e. The van der Waals surface area contributed by atoms with Crippen LogP contribution in [-0.4, -0.2) is 22.3 Å². The second-order valence-electron chi connectivity index (χ2n) is 6.90. The molecule has 1 atom stereocenters. The summed E-state index contributed by atoms with van der Waals surface area (Å²) in [6.45, 7) is 2.17. The van der Waals surface area contributed by atoms with Gasteiger partial charge in [0.25, 0.3) is 0 Å². The van der Waals surface area contributed by atoms with Crippen molar-refractivity contribution in [1.82, 2.24) is 0 Å². The lowest BCUT2D eigenvalue weighted by Gasteiger charge is -2.26. The zero-order valence-corrected chi connectivity index (χ0v) is 14.6. The number of carbonyl (C=O) groups is 1. The first-order valence-corrected chi connectivity index (χ1v) is 9.36. The lowest BCUT2D eigenvalue weighted by Crippen LogP contribution is -2.13. The van der Waals surface area contributed by atoms with Crippen LogP contribution in [0.4, 0.5) is 0 Å². The van der Waals surface area contributed by atoms with Gasteiger partial charge in [0.05, 0.1) is 6.10 Å². The number of aliphatic carboxylic acids is 1. The molecule has 1 fully saturated rings. The van der Waals surface area contributed by atoms with Gasteiger partial charge in [-0.15, -0.1) is 0 Å². The third kappa shape index (κ3) is 10.3. The van der Waals surface area contributed by atoms with E-state index in [1.54, 1.807) is 0 Å². The second kappa shape index (κ2) is 12.3. The number of hydrogen-bond donors (Lipinski definition) is 2. The maximum absolute atomic E-state index is 10.5. The van der Waals surface area contributed by atoms with Crippen molar-refractivity contribution in [1.29, 1.82) is 0 Å². The van der Waals surface area contributed by atoms with Crippen molar-refractivity contribution in [2.45, 2.75) is 83.7 Å². The first kappa shape index (κ1) is 20.0. The lowest BCUT2D eigenvalue weighted by molar-refractivity contribution is -0.137. The minimum Gasteiger partial charge on any atom is -0.481 e. The molecule has 1 saturated carbocycles. The molecule has 0 amide bonds. The van der Waals surface area contributed by atoms with Gasteiger partial charge >= 0.3 is 5.97 Å². The molecule has 1 aliphatic carbocycles. The Morgan fingerprint density at radius 1 is 1.13 bits per heavy atom. The molecule has 23 heavy (non-hydrogen) atoms. The van der Waals surface area contributed by atoms with E-state index in [0.29, 0.717) is 12.3 Å². The molecule has 0 aromatic heterocycles. The highest BCUT2D eigenvalue weighted by molar-refractivity contribution is 5.66. The fraction of sp³-hybridized carbons (Fsp3) is 0.750. The number of rotatable bonds is 11.